The van der Waals surface area contributed by atoms with Crippen LogP contribution < -0.4 is 9.64 Å². The number of halogens is 1. The monoisotopic (exact) mass is 267 g/mol. The highest BCUT2D eigenvalue weighted by Gasteiger charge is 2.31. The molecule has 0 aliphatic carbocycles. The van der Waals surface area contributed by atoms with Gasteiger partial charge < -0.3 is 14.7 Å². The van der Waals surface area contributed by atoms with E-state index < -0.39 is 0 Å². The summed E-state index contributed by atoms with van der Waals surface area (Å²) < 4.78 is 18.8. The summed E-state index contributed by atoms with van der Waals surface area (Å²) in [6.45, 7) is 2.86. The highest BCUT2D eigenvalue weighted by molar-refractivity contribution is 5.97. The molecule has 0 bridgehead atoms. The fourth-order valence-electron chi connectivity index (χ4n) is 2.18. The van der Waals surface area contributed by atoms with Gasteiger partial charge in [-0.1, -0.05) is 6.92 Å². The molecular weight excluding hydrogens is 249 g/mol. The van der Waals surface area contributed by atoms with Gasteiger partial charge in [-0.25, -0.2) is 4.39 Å². The SMILES string of the molecule is CCCOc1cc(F)ccc1N1CC(CO)CC1=O. The number of aliphatic hydroxyl groups excluding tert-OH is 1. The second kappa shape index (κ2) is 6.02. The Morgan fingerprint density at radius 1 is 1.53 bits per heavy atom. The lowest BCUT2D eigenvalue weighted by atomic mass is 10.1. The number of aliphatic hydroxyl groups is 1. The molecule has 1 N–H and O–H groups in total. The third-order valence-corrected chi connectivity index (χ3v) is 3.14. The number of amides is 1. The topological polar surface area (TPSA) is 49.8 Å². The minimum atomic E-state index is -0.389. The minimum absolute atomic E-state index is 0.0193. The van der Waals surface area contributed by atoms with Crippen LogP contribution in [0.2, 0.25) is 0 Å². The van der Waals surface area contributed by atoms with Gasteiger partial charge in [0.25, 0.3) is 0 Å². The molecule has 104 valence electrons. The van der Waals surface area contributed by atoms with Gasteiger partial charge in [-0.3, -0.25) is 4.79 Å². The zero-order chi connectivity index (χ0) is 13.8. The van der Waals surface area contributed by atoms with Crippen molar-refractivity contribution in [3.05, 3.63) is 24.0 Å². The van der Waals surface area contributed by atoms with E-state index in [1.165, 1.54) is 12.1 Å². The van der Waals surface area contributed by atoms with Gasteiger partial charge in [0.05, 0.1) is 12.3 Å². The Morgan fingerprint density at radius 3 is 2.95 bits per heavy atom. The molecule has 1 fully saturated rings. The molecule has 1 aliphatic heterocycles. The van der Waals surface area contributed by atoms with Crippen molar-refractivity contribution in [1.82, 2.24) is 0 Å². The molecule has 1 aliphatic rings. The number of benzene rings is 1. The summed E-state index contributed by atoms with van der Waals surface area (Å²) in [5, 5.41) is 9.13. The first-order chi connectivity index (χ1) is 9.15. The first-order valence-corrected chi connectivity index (χ1v) is 6.49. The average molecular weight is 267 g/mol. The van der Waals surface area contributed by atoms with E-state index in [1.807, 2.05) is 6.92 Å². The maximum absolute atomic E-state index is 13.3. The van der Waals surface area contributed by atoms with Gasteiger partial charge in [-0.2, -0.15) is 0 Å². The summed E-state index contributed by atoms with van der Waals surface area (Å²) in [7, 11) is 0. The Labute approximate surface area is 111 Å². The van der Waals surface area contributed by atoms with E-state index in [-0.39, 0.29) is 24.2 Å². The van der Waals surface area contributed by atoms with E-state index in [2.05, 4.69) is 0 Å². The number of ether oxygens (including phenoxy) is 1. The number of carbonyl (C=O) groups excluding carboxylic acids is 1. The molecule has 1 amide bonds. The van der Waals surface area contributed by atoms with E-state index in [4.69, 9.17) is 9.84 Å². The average Bonchev–Trinajstić information content (AvgIpc) is 2.78. The molecule has 5 heteroatoms. The number of nitrogens with zero attached hydrogens (tertiary/aromatic N) is 1. The molecule has 1 heterocycles. The maximum Gasteiger partial charge on any atom is 0.227 e. The zero-order valence-electron chi connectivity index (χ0n) is 10.9. The summed E-state index contributed by atoms with van der Waals surface area (Å²) in [4.78, 5) is 13.5. The Bertz CT molecular complexity index is 464. The van der Waals surface area contributed by atoms with Crippen LogP contribution in [0.25, 0.3) is 0 Å². The van der Waals surface area contributed by atoms with E-state index in [9.17, 15) is 9.18 Å². The van der Waals surface area contributed by atoms with Gasteiger partial charge in [0.1, 0.15) is 11.6 Å². The summed E-state index contributed by atoms with van der Waals surface area (Å²) in [5.74, 6) is -0.127. The number of carbonyl (C=O) groups is 1. The van der Waals surface area contributed by atoms with Gasteiger partial charge >= 0.3 is 0 Å². The van der Waals surface area contributed by atoms with Crippen LogP contribution in [-0.4, -0.2) is 30.8 Å². The van der Waals surface area contributed by atoms with Gasteiger partial charge in [0.15, 0.2) is 0 Å². The van der Waals surface area contributed by atoms with Crippen LogP contribution in [0, 0.1) is 11.7 Å². The molecule has 1 atom stereocenters. The third kappa shape index (κ3) is 3.04. The maximum atomic E-state index is 13.3. The molecule has 1 aromatic rings. The largest absolute Gasteiger partial charge is 0.491 e. The van der Waals surface area contributed by atoms with Crippen molar-refractivity contribution in [3.8, 4) is 5.75 Å². The Hall–Kier alpha value is -1.62. The van der Waals surface area contributed by atoms with Crippen molar-refractivity contribution in [2.45, 2.75) is 19.8 Å². The van der Waals surface area contributed by atoms with Crippen LogP contribution >= 0.6 is 0 Å². The second-order valence-corrected chi connectivity index (χ2v) is 4.72. The van der Waals surface area contributed by atoms with Crippen molar-refractivity contribution in [1.29, 1.82) is 0 Å². The normalized spacial score (nSPS) is 19.0. The highest BCUT2D eigenvalue weighted by atomic mass is 19.1. The van der Waals surface area contributed by atoms with Gasteiger partial charge in [-0.05, 0) is 18.6 Å². The van der Waals surface area contributed by atoms with Gasteiger partial charge in [0.2, 0.25) is 5.91 Å². The Balaban J connectivity index is 2.25. The lowest BCUT2D eigenvalue weighted by Gasteiger charge is -2.20. The summed E-state index contributed by atoms with van der Waals surface area (Å²) in [5.41, 5.74) is 0.579. The number of hydrogen-bond acceptors (Lipinski definition) is 3. The summed E-state index contributed by atoms with van der Waals surface area (Å²) >= 11 is 0. The summed E-state index contributed by atoms with van der Waals surface area (Å²) in [6.07, 6.45) is 1.13. The van der Waals surface area contributed by atoms with Crippen LogP contribution in [0.4, 0.5) is 10.1 Å². The molecule has 0 saturated carbocycles. The first-order valence-electron chi connectivity index (χ1n) is 6.49. The fraction of sp³-hybridized carbons (Fsp3) is 0.500. The molecule has 0 spiro atoms. The van der Waals surface area contributed by atoms with Crippen LogP contribution in [-0.2, 0) is 4.79 Å². The Kier molecular flexibility index (Phi) is 4.37. The fourth-order valence-corrected chi connectivity index (χ4v) is 2.18. The molecule has 19 heavy (non-hydrogen) atoms. The lowest BCUT2D eigenvalue weighted by molar-refractivity contribution is -0.117. The molecular formula is C14H18FNO3. The van der Waals surface area contributed by atoms with E-state index in [0.717, 1.165) is 6.42 Å². The van der Waals surface area contributed by atoms with Crippen LogP contribution in [0.15, 0.2) is 18.2 Å². The molecule has 2 rings (SSSR count). The van der Waals surface area contributed by atoms with Crippen molar-refractivity contribution < 1.29 is 19.0 Å². The van der Waals surface area contributed by atoms with E-state index in [1.54, 1.807) is 11.0 Å². The first kappa shape index (κ1) is 13.8. The lowest BCUT2D eigenvalue weighted by Crippen LogP contribution is -2.25. The van der Waals surface area contributed by atoms with Crippen LogP contribution in [0.1, 0.15) is 19.8 Å². The minimum Gasteiger partial charge on any atom is -0.491 e. The summed E-state index contributed by atoms with van der Waals surface area (Å²) in [6, 6.07) is 4.16. The van der Waals surface area contributed by atoms with Crippen molar-refractivity contribution in [2.75, 3.05) is 24.7 Å². The third-order valence-electron chi connectivity index (χ3n) is 3.14. The van der Waals surface area contributed by atoms with E-state index in [0.29, 0.717) is 31.0 Å². The van der Waals surface area contributed by atoms with Crippen molar-refractivity contribution in [3.63, 3.8) is 0 Å². The molecule has 0 radical (unpaired) electrons. The van der Waals surface area contributed by atoms with Crippen molar-refractivity contribution in [2.24, 2.45) is 5.92 Å². The second-order valence-electron chi connectivity index (χ2n) is 4.72. The molecule has 1 aromatic carbocycles. The zero-order valence-corrected chi connectivity index (χ0v) is 10.9. The standard InChI is InChI=1S/C14H18FNO3/c1-2-5-19-13-7-11(15)3-4-12(13)16-8-10(9-17)6-14(16)18/h3-4,7,10,17H,2,5-6,8-9H2,1H3. The number of hydrogen-bond donors (Lipinski definition) is 1. The number of anilines is 1. The molecule has 4 nitrogen and oxygen atoms in total. The van der Waals surface area contributed by atoms with E-state index >= 15 is 0 Å². The smallest absolute Gasteiger partial charge is 0.227 e. The van der Waals surface area contributed by atoms with Gasteiger partial charge in [0, 0.05) is 31.6 Å². The molecule has 1 unspecified atom stereocenters. The number of rotatable bonds is 5. The quantitative estimate of drug-likeness (QED) is 0.887. The van der Waals surface area contributed by atoms with Crippen LogP contribution in [0.3, 0.4) is 0 Å². The Morgan fingerprint density at radius 2 is 2.32 bits per heavy atom. The van der Waals surface area contributed by atoms with Crippen LogP contribution in [0.5, 0.6) is 5.75 Å². The highest BCUT2D eigenvalue weighted by Crippen LogP contribution is 2.33. The molecule has 0 aromatic heterocycles. The van der Waals surface area contributed by atoms with Crippen molar-refractivity contribution >= 4 is 11.6 Å². The van der Waals surface area contributed by atoms with Gasteiger partial charge in [-0.15, -0.1) is 0 Å². The predicted molar refractivity (Wildman–Crippen MR) is 69.7 cm³/mol. The molecule has 1 saturated heterocycles. The predicted octanol–water partition coefficient (Wildman–Crippen LogP) is 1.96.